The number of nitrogens with zero attached hydrogens (tertiary/aromatic N) is 2. The van der Waals surface area contributed by atoms with Crippen molar-refractivity contribution in [3.8, 4) is 0 Å². The molecule has 0 fully saturated rings. The maximum atomic E-state index is 12.9. The molecule has 0 saturated heterocycles. The lowest BCUT2D eigenvalue weighted by Crippen LogP contribution is -2.60. The van der Waals surface area contributed by atoms with E-state index in [0.29, 0.717) is 0 Å². The molecule has 17 heteroatoms. The van der Waals surface area contributed by atoms with Crippen molar-refractivity contribution in [1.82, 2.24) is 16.0 Å². The van der Waals surface area contributed by atoms with Gasteiger partial charge in [0, 0.05) is 13.1 Å². The quantitative estimate of drug-likeness (QED) is 0.0475. The molecule has 212 valence electrons. The molecule has 37 heavy (non-hydrogen) atoms. The smallest absolute Gasteiger partial charge is 0.326 e. The van der Waals surface area contributed by atoms with E-state index < -0.39 is 60.1 Å². The van der Waals surface area contributed by atoms with E-state index >= 15 is 0 Å². The monoisotopic (exact) mass is 532 g/mol. The van der Waals surface area contributed by atoms with Crippen LogP contribution >= 0.6 is 0 Å². The highest BCUT2D eigenvalue weighted by atomic mass is 16.4. The average Bonchev–Trinajstić information content (AvgIpc) is 2.79. The zero-order valence-corrected chi connectivity index (χ0v) is 21.0. The summed E-state index contributed by atoms with van der Waals surface area (Å²) in [5.74, 6) is -4.33. The van der Waals surface area contributed by atoms with Gasteiger partial charge >= 0.3 is 5.97 Å². The van der Waals surface area contributed by atoms with Crippen molar-refractivity contribution in [2.45, 2.75) is 75.9 Å². The molecule has 0 spiro atoms. The average molecular weight is 533 g/mol. The topological polar surface area (TPSA) is 320 Å². The van der Waals surface area contributed by atoms with E-state index in [4.69, 9.17) is 28.7 Å². The Bertz CT molecular complexity index is 826. The number of hydrogen-bond acceptors (Lipinski definition) is 9. The van der Waals surface area contributed by atoms with Gasteiger partial charge in [-0.1, -0.05) is 0 Å². The fourth-order valence-electron chi connectivity index (χ4n) is 2.94. The fourth-order valence-corrected chi connectivity index (χ4v) is 2.94. The van der Waals surface area contributed by atoms with E-state index in [2.05, 4.69) is 25.9 Å². The van der Waals surface area contributed by atoms with Crippen LogP contribution in [0.15, 0.2) is 9.98 Å². The Morgan fingerprint density at radius 3 is 1.59 bits per heavy atom. The van der Waals surface area contributed by atoms with E-state index in [1.807, 2.05) is 0 Å². The van der Waals surface area contributed by atoms with Gasteiger partial charge in [0.1, 0.15) is 24.2 Å². The number of aliphatic hydroxyl groups excluding tert-OH is 2. The summed E-state index contributed by atoms with van der Waals surface area (Å²) in [6.07, 6.45) is -2.18. The van der Waals surface area contributed by atoms with Crippen molar-refractivity contribution in [2.24, 2.45) is 38.7 Å². The summed E-state index contributed by atoms with van der Waals surface area (Å²) >= 11 is 0. The second-order valence-corrected chi connectivity index (χ2v) is 8.35. The van der Waals surface area contributed by atoms with Crippen LogP contribution in [-0.2, 0) is 19.2 Å². The lowest BCUT2D eigenvalue weighted by Gasteiger charge is -2.26. The number of aliphatic hydroxyl groups is 2. The second kappa shape index (κ2) is 16.9. The minimum atomic E-state index is -1.53. The first kappa shape index (κ1) is 33.3. The highest BCUT2D eigenvalue weighted by Gasteiger charge is 2.32. The predicted molar refractivity (Wildman–Crippen MR) is 135 cm³/mol. The lowest BCUT2D eigenvalue weighted by molar-refractivity contribution is -0.142. The van der Waals surface area contributed by atoms with Gasteiger partial charge in [0.2, 0.25) is 17.7 Å². The van der Waals surface area contributed by atoms with Crippen molar-refractivity contribution >= 4 is 35.6 Å². The molecule has 0 aromatic heterocycles. The number of amides is 3. The van der Waals surface area contributed by atoms with Crippen molar-refractivity contribution in [3.63, 3.8) is 0 Å². The van der Waals surface area contributed by atoms with E-state index in [9.17, 15) is 34.5 Å². The molecule has 0 rings (SSSR count). The van der Waals surface area contributed by atoms with Gasteiger partial charge in [-0.3, -0.25) is 24.4 Å². The standard InChI is InChI=1S/C20H40N10O7/c1-9(31)13(21)16(34)30-14(10(2)32)17(35)28-11(5-3-7-26-19(22)23)15(33)29-12(18(36)37)6-4-8-27-20(24)25/h9-14,31-32H,3-8,21H2,1-2H3,(H,28,35)(H,29,33)(H,30,34)(H,36,37)(H4,22,23,26)(H4,24,25,27). The zero-order valence-electron chi connectivity index (χ0n) is 21.0. The van der Waals surface area contributed by atoms with Gasteiger partial charge in [0.05, 0.1) is 12.2 Å². The van der Waals surface area contributed by atoms with Gasteiger partial charge < -0.3 is 59.9 Å². The Morgan fingerprint density at radius 1 is 0.730 bits per heavy atom. The van der Waals surface area contributed by atoms with Crippen LogP contribution in [0.1, 0.15) is 39.5 Å². The van der Waals surface area contributed by atoms with Crippen LogP contribution in [0.4, 0.5) is 0 Å². The Labute approximate surface area is 214 Å². The van der Waals surface area contributed by atoms with Gasteiger partial charge in [-0.25, -0.2) is 4.79 Å². The molecular weight excluding hydrogens is 492 g/mol. The largest absolute Gasteiger partial charge is 0.480 e. The molecule has 16 N–H and O–H groups in total. The number of guanidine groups is 2. The third kappa shape index (κ3) is 13.8. The van der Waals surface area contributed by atoms with E-state index in [1.165, 1.54) is 13.8 Å². The van der Waals surface area contributed by atoms with Crippen molar-refractivity contribution < 1.29 is 34.5 Å². The molecule has 6 unspecified atom stereocenters. The van der Waals surface area contributed by atoms with E-state index in [0.717, 1.165) is 0 Å². The Balaban J connectivity index is 5.57. The van der Waals surface area contributed by atoms with Crippen molar-refractivity contribution in [2.75, 3.05) is 13.1 Å². The normalized spacial score (nSPS) is 15.6. The lowest BCUT2D eigenvalue weighted by atomic mass is 10.1. The minimum absolute atomic E-state index is 0.00386. The maximum absolute atomic E-state index is 12.9. The van der Waals surface area contributed by atoms with Crippen molar-refractivity contribution in [1.29, 1.82) is 0 Å². The molecule has 0 aromatic rings. The number of rotatable bonds is 17. The third-order valence-corrected chi connectivity index (χ3v) is 5.02. The Kier molecular flexibility index (Phi) is 15.2. The summed E-state index contributed by atoms with van der Waals surface area (Å²) in [6.45, 7) is 2.76. The van der Waals surface area contributed by atoms with Crippen LogP contribution in [0, 0.1) is 0 Å². The number of carboxylic acids is 1. The molecule has 0 aliphatic carbocycles. The Morgan fingerprint density at radius 2 is 1.19 bits per heavy atom. The predicted octanol–water partition coefficient (Wildman–Crippen LogP) is -5.28. The molecule has 0 saturated carbocycles. The van der Waals surface area contributed by atoms with E-state index in [1.54, 1.807) is 0 Å². The van der Waals surface area contributed by atoms with Crippen LogP contribution in [0.2, 0.25) is 0 Å². The summed E-state index contributed by atoms with van der Waals surface area (Å²) in [4.78, 5) is 57.2. The first-order valence-electron chi connectivity index (χ1n) is 11.5. The first-order valence-corrected chi connectivity index (χ1v) is 11.5. The molecule has 0 aliphatic rings. The van der Waals surface area contributed by atoms with Crippen LogP contribution in [0.3, 0.4) is 0 Å². The number of aliphatic carboxylic acids is 1. The molecule has 0 radical (unpaired) electrons. The summed E-state index contributed by atoms with van der Waals surface area (Å²) in [5.41, 5.74) is 26.6. The van der Waals surface area contributed by atoms with Crippen LogP contribution in [0.5, 0.6) is 0 Å². The van der Waals surface area contributed by atoms with Crippen LogP contribution in [-0.4, -0.2) is 100 Å². The molecule has 0 aliphatic heterocycles. The highest BCUT2D eigenvalue weighted by molar-refractivity contribution is 5.94. The van der Waals surface area contributed by atoms with Gasteiger partial charge in [-0.05, 0) is 39.5 Å². The number of nitrogens with one attached hydrogen (secondary N) is 3. The summed E-state index contributed by atoms with van der Waals surface area (Å²) < 4.78 is 0. The van der Waals surface area contributed by atoms with Crippen LogP contribution in [0.25, 0.3) is 0 Å². The molecule has 0 bridgehead atoms. The van der Waals surface area contributed by atoms with Crippen molar-refractivity contribution in [3.05, 3.63) is 0 Å². The number of nitrogens with two attached hydrogens (primary N) is 5. The van der Waals surface area contributed by atoms with Gasteiger partial charge in [-0.15, -0.1) is 0 Å². The van der Waals surface area contributed by atoms with Crippen LogP contribution < -0.4 is 44.6 Å². The summed E-state index contributed by atoms with van der Waals surface area (Å²) in [7, 11) is 0. The van der Waals surface area contributed by atoms with E-state index in [-0.39, 0.29) is 50.7 Å². The zero-order chi connectivity index (χ0) is 28.7. The molecule has 6 atom stereocenters. The third-order valence-electron chi connectivity index (χ3n) is 5.02. The summed E-state index contributed by atoms with van der Waals surface area (Å²) in [5, 5.41) is 36.0. The summed E-state index contributed by atoms with van der Waals surface area (Å²) in [6, 6.07) is -5.48. The van der Waals surface area contributed by atoms with Gasteiger partial charge in [0.15, 0.2) is 11.9 Å². The first-order chi connectivity index (χ1) is 17.2. The number of carboxylic acid groups (broad SMARTS) is 1. The molecule has 17 nitrogen and oxygen atoms in total. The minimum Gasteiger partial charge on any atom is -0.480 e. The molecule has 3 amide bonds. The maximum Gasteiger partial charge on any atom is 0.326 e. The number of aliphatic imine (C=N–C) groups is 2. The van der Waals surface area contributed by atoms with Gasteiger partial charge in [-0.2, -0.15) is 0 Å². The highest BCUT2D eigenvalue weighted by Crippen LogP contribution is 2.05. The van der Waals surface area contributed by atoms with Gasteiger partial charge in [0.25, 0.3) is 0 Å². The number of hydrogen-bond donors (Lipinski definition) is 11. The SMILES string of the molecule is CC(O)C(N)C(=O)NC(C(=O)NC(CCCN=C(N)N)C(=O)NC(CCCN=C(N)N)C(=O)O)C(C)O. The Hall–Kier alpha value is -3.70. The molecule has 0 aromatic carbocycles. The second-order valence-electron chi connectivity index (χ2n) is 8.35. The number of carbonyl (C=O) groups excluding carboxylic acids is 3. The fraction of sp³-hybridized carbons (Fsp3) is 0.700. The molecule has 0 heterocycles. The molecular formula is C20H40N10O7. The number of carbonyl (C=O) groups is 4.